The zero-order valence-electron chi connectivity index (χ0n) is 14.9. The van der Waals surface area contributed by atoms with Gasteiger partial charge in [-0.15, -0.1) is 0 Å². The summed E-state index contributed by atoms with van der Waals surface area (Å²) >= 11 is 0. The lowest BCUT2D eigenvalue weighted by Gasteiger charge is -2.34. The summed E-state index contributed by atoms with van der Waals surface area (Å²) in [5, 5.41) is 0. The van der Waals surface area contributed by atoms with E-state index in [2.05, 4.69) is 73.3 Å². The molecule has 3 rings (SSSR count). The SMILES string of the molecule is Cc1ccccc1OC(CCN1CCCCC1C)c1ccccc1. The van der Waals surface area contributed by atoms with Crippen LogP contribution in [0.2, 0.25) is 0 Å². The lowest BCUT2D eigenvalue weighted by molar-refractivity contribution is 0.121. The number of hydrogen-bond acceptors (Lipinski definition) is 2. The highest BCUT2D eigenvalue weighted by Crippen LogP contribution is 2.28. The summed E-state index contributed by atoms with van der Waals surface area (Å²) in [5.41, 5.74) is 2.47. The number of benzene rings is 2. The van der Waals surface area contributed by atoms with E-state index in [9.17, 15) is 0 Å². The van der Waals surface area contributed by atoms with E-state index in [0.29, 0.717) is 6.04 Å². The lowest BCUT2D eigenvalue weighted by atomic mass is 10.0. The molecular formula is C22H29NO. The number of para-hydroxylation sites is 1. The molecular weight excluding hydrogens is 294 g/mol. The van der Waals surface area contributed by atoms with Crippen LogP contribution in [0.5, 0.6) is 5.75 Å². The van der Waals surface area contributed by atoms with Gasteiger partial charge in [-0.3, -0.25) is 0 Å². The van der Waals surface area contributed by atoms with Crippen molar-refractivity contribution in [2.75, 3.05) is 13.1 Å². The lowest BCUT2D eigenvalue weighted by Crippen LogP contribution is -2.38. The highest BCUT2D eigenvalue weighted by Gasteiger charge is 2.21. The predicted molar refractivity (Wildman–Crippen MR) is 100 cm³/mol. The molecule has 24 heavy (non-hydrogen) atoms. The third-order valence-corrected chi connectivity index (χ3v) is 5.15. The molecule has 128 valence electrons. The van der Waals surface area contributed by atoms with Crippen LogP contribution in [-0.2, 0) is 0 Å². The molecule has 0 bridgehead atoms. The summed E-state index contributed by atoms with van der Waals surface area (Å²) in [4.78, 5) is 2.63. The summed E-state index contributed by atoms with van der Waals surface area (Å²) in [5.74, 6) is 0.998. The molecule has 1 saturated heterocycles. The van der Waals surface area contributed by atoms with Crippen LogP contribution >= 0.6 is 0 Å². The smallest absolute Gasteiger partial charge is 0.125 e. The van der Waals surface area contributed by atoms with E-state index < -0.39 is 0 Å². The maximum atomic E-state index is 6.43. The van der Waals surface area contributed by atoms with E-state index in [4.69, 9.17) is 4.74 Å². The molecule has 2 aromatic rings. The van der Waals surface area contributed by atoms with E-state index >= 15 is 0 Å². The molecule has 0 saturated carbocycles. The molecule has 2 unspecified atom stereocenters. The van der Waals surface area contributed by atoms with Gasteiger partial charge in [0.05, 0.1) is 0 Å². The molecule has 2 atom stereocenters. The van der Waals surface area contributed by atoms with E-state index in [1.807, 2.05) is 0 Å². The highest BCUT2D eigenvalue weighted by molar-refractivity contribution is 5.33. The minimum absolute atomic E-state index is 0.112. The highest BCUT2D eigenvalue weighted by atomic mass is 16.5. The van der Waals surface area contributed by atoms with Gasteiger partial charge >= 0.3 is 0 Å². The molecule has 2 aromatic carbocycles. The minimum atomic E-state index is 0.112. The largest absolute Gasteiger partial charge is 0.485 e. The molecule has 2 heteroatoms. The molecule has 0 amide bonds. The average Bonchev–Trinajstić information content (AvgIpc) is 2.62. The Kier molecular flexibility index (Phi) is 5.92. The third-order valence-electron chi connectivity index (χ3n) is 5.15. The van der Waals surface area contributed by atoms with Crippen LogP contribution in [0.25, 0.3) is 0 Å². The van der Waals surface area contributed by atoms with Crippen molar-refractivity contribution in [1.29, 1.82) is 0 Å². The van der Waals surface area contributed by atoms with Gasteiger partial charge in [0.15, 0.2) is 0 Å². The van der Waals surface area contributed by atoms with Crippen LogP contribution in [0.15, 0.2) is 54.6 Å². The van der Waals surface area contributed by atoms with Crippen LogP contribution in [0.3, 0.4) is 0 Å². The van der Waals surface area contributed by atoms with Crippen molar-refractivity contribution >= 4 is 0 Å². The van der Waals surface area contributed by atoms with Gasteiger partial charge in [-0.25, -0.2) is 0 Å². The Morgan fingerprint density at radius 3 is 2.54 bits per heavy atom. The van der Waals surface area contributed by atoms with Crippen LogP contribution in [0.4, 0.5) is 0 Å². The fourth-order valence-electron chi connectivity index (χ4n) is 3.58. The number of hydrogen-bond donors (Lipinski definition) is 0. The van der Waals surface area contributed by atoms with E-state index in [1.54, 1.807) is 0 Å². The Labute approximate surface area is 146 Å². The van der Waals surface area contributed by atoms with Crippen LogP contribution in [0, 0.1) is 6.92 Å². The second kappa shape index (κ2) is 8.34. The van der Waals surface area contributed by atoms with Gasteiger partial charge in [0.2, 0.25) is 0 Å². The van der Waals surface area contributed by atoms with E-state index in [0.717, 1.165) is 18.7 Å². The van der Waals surface area contributed by atoms with Crippen LogP contribution in [0.1, 0.15) is 49.8 Å². The third kappa shape index (κ3) is 4.39. The Hall–Kier alpha value is -1.80. The number of aryl methyl sites for hydroxylation is 1. The Bertz CT molecular complexity index is 625. The van der Waals surface area contributed by atoms with Crippen LogP contribution in [-0.4, -0.2) is 24.0 Å². The fourth-order valence-corrected chi connectivity index (χ4v) is 3.58. The summed E-state index contributed by atoms with van der Waals surface area (Å²) in [6.45, 7) is 6.81. The molecule has 2 nitrogen and oxygen atoms in total. The number of rotatable bonds is 6. The number of piperidine rings is 1. The fraction of sp³-hybridized carbons (Fsp3) is 0.455. The first-order chi connectivity index (χ1) is 11.7. The number of nitrogens with zero attached hydrogens (tertiary/aromatic N) is 1. The monoisotopic (exact) mass is 323 g/mol. The van der Waals surface area contributed by atoms with Gasteiger partial charge in [-0.05, 0) is 50.4 Å². The first-order valence-electron chi connectivity index (χ1n) is 9.25. The molecule has 0 N–H and O–H groups in total. The van der Waals surface area contributed by atoms with Gasteiger partial charge in [0.25, 0.3) is 0 Å². The van der Waals surface area contributed by atoms with Crippen LogP contribution < -0.4 is 4.74 Å². The first-order valence-corrected chi connectivity index (χ1v) is 9.25. The number of likely N-dealkylation sites (tertiary alicyclic amines) is 1. The zero-order valence-corrected chi connectivity index (χ0v) is 14.9. The summed E-state index contributed by atoms with van der Waals surface area (Å²) in [7, 11) is 0. The Morgan fingerprint density at radius 2 is 1.79 bits per heavy atom. The summed E-state index contributed by atoms with van der Waals surface area (Å²) in [6, 6.07) is 19.7. The van der Waals surface area contributed by atoms with Crippen molar-refractivity contribution in [2.45, 2.75) is 51.7 Å². The minimum Gasteiger partial charge on any atom is -0.485 e. The van der Waals surface area contributed by atoms with Crippen molar-refractivity contribution in [1.82, 2.24) is 4.90 Å². The van der Waals surface area contributed by atoms with Crippen molar-refractivity contribution in [3.63, 3.8) is 0 Å². The standard InChI is InChI=1S/C22H29NO/c1-18-10-6-7-14-21(18)24-22(20-12-4-3-5-13-20)15-17-23-16-9-8-11-19(23)2/h3-7,10,12-14,19,22H,8-9,11,15-17H2,1-2H3. The van der Waals surface area contributed by atoms with Crippen molar-refractivity contribution in [2.24, 2.45) is 0 Å². The van der Waals surface area contributed by atoms with Crippen molar-refractivity contribution in [3.05, 3.63) is 65.7 Å². The zero-order chi connectivity index (χ0) is 16.8. The maximum Gasteiger partial charge on any atom is 0.125 e. The maximum absolute atomic E-state index is 6.43. The molecule has 0 aromatic heterocycles. The first kappa shape index (κ1) is 17.0. The molecule has 1 heterocycles. The van der Waals surface area contributed by atoms with Gasteiger partial charge in [-0.1, -0.05) is 55.0 Å². The topological polar surface area (TPSA) is 12.5 Å². The van der Waals surface area contributed by atoms with E-state index in [1.165, 1.54) is 36.9 Å². The van der Waals surface area contributed by atoms with E-state index in [-0.39, 0.29) is 6.10 Å². The molecule has 0 spiro atoms. The predicted octanol–water partition coefficient (Wildman–Crippen LogP) is 5.38. The Morgan fingerprint density at radius 1 is 1.04 bits per heavy atom. The quantitative estimate of drug-likeness (QED) is 0.707. The normalized spacial score (nSPS) is 19.8. The Balaban J connectivity index is 1.71. The summed E-state index contributed by atoms with van der Waals surface area (Å²) in [6.07, 6.45) is 5.18. The molecule has 0 radical (unpaired) electrons. The second-order valence-electron chi connectivity index (χ2n) is 6.95. The molecule has 1 aliphatic heterocycles. The van der Waals surface area contributed by atoms with Crippen molar-refractivity contribution < 1.29 is 4.74 Å². The van der Waals surface area contributed by atoms with Crippen molar-refractivity contribution in [3.8, 4) is 5.75 Å². The second-order valence-corrected chi connectivity index (χ2v) is 6.95. The van der Waals surface area contributed by atoms with Gasteiger partial charge in [-0.2, -0.15) is 0 Å². The van der Waals surface area contributed by atoms with Gasteiger partial charge < -0.3 is 9.64 Å². The van der Waals surface area contributed by atoms with Gasteiger partial charge in [0, 0.05) is 19.0 Å². The van der Waals surface area contributed by atoms with Gasteiger partial charge in [0.1, 0.15) is 11.9 Å². The molecule has 0 aliphatic carbocycles. The average molecular weight is 323 g/mol. The summed E-state index contributed by atoms with van der Waals surface area (Å²) < 4.78 is 6.43. The molecule has 1 fully saturated rings. The molecule has 1 aliphatic rings. The number of ether oxygens (including phenoxy) is 1.